The van der Waals surface area contributed by atoms with Crippen LogP contribution in [0, 0.1) is 5.92 Å². The lowest BCUT2D eigenvalue weighted by Gasteiger charge is -2.35. The van der Waals surface area contributed by atoms with Gasteiger partial charge in [0.15, 0.2) is 0 Å². The van der Waals surface area contributed by atoms with Gasteiger partial charge in [-0.15, -0.1) is 11.3 Å². The number of hydrogen-bond donors (Lipinski definition) is 1. The highest BCUT2D eigenvalue weighted by molar-refractivity contribution is 7.12. The van der Waals surface area contributed by atoms with Gasteiger partial charge in [-0.2, -0.15) is 0 Å². The molecule has 1 aliphatic heterocycles. The standard InChI is InChI=1S/C15H26N2S/c1-4-13-5-6-15(18-13)14(11-12(2)3)17-9-7-16-8-10-17/h5-6,12,14,16H,4,7-11H2,1-3H3/t14-/m0/s1. The lowest BCUT2D eigenvalue weighted by molar-refractivity contribution is 0.156. The highest BCUT2D eigenvalue weighted by Crippen LogP contribution is 2.33. The predicted octanol–water partition coefficient (Wildman–Crippen LogP) is 3.30. The predicted molar refractivity (Wildman–Crippen MR) is 80.3 cm³/mol. The van der Waals surface area contributed by atoms with E-state index in [1.165, 1.54) is 30.8 Å². The van der Waals surface area contributed by atoms with Gasteiger partial charge in [-0.05, 0) is 30.9 Å². The summed E-state index contributed by atoms with van der Waals surface area (Å²) in [6.45, 7) is 11.6. The molecule has 2 rings (SSSR count). The Morgan fingerprint density at radius 2 is 2.00 bits per heavy atom. The van der Waals surface area contributed by atoms with Crippen LogP contribution in [0.15, 0.2) is 12.1 Å². The second-order valence-electron chi connectivity index (χ2n) is 5.59. The maximum absolute atomic E-state index is 3.45. The van der Waals surface area contributed by atoms with E-state index in [2.05, 4.69) is 43.1 Å². The number of piperazine rings is 1. The smallest absolute Gasteiger partial charge is 0.0445 e. The first-order chi connectivity index (χ1) is 8.70. The van der Waals surface area contributed by atoms with Crippen molar-refractivity contribution in [3.8, 4) is 0 Å². The van der Waals surface area contributed by atoms with Crippen LogP contribution in [-0.4, -0.2) is 31.1 Å². The van der Waals surface area contributed by atoms with E-state index in [0.717, 1.165) is 19.0 Å². The van der Waals surface area contributed by atoms with Crippen LogP contribution in [0.1, 0.15) is 43.0 Å². The molecule has 1 fully saturated rings. The fraction of sp³-hybridized carbons (Fsp3) is 0.733. The van der Waals surface area contributed by atoms with Gasteiger partial charge in [0.1, 0.15) is 0 Å². The highest BCUT2D eigenvalue weighted by Gasteiger charge is 2.24. The van der Waals surface area contributed by atoms with Gasteiger partial charge in [0.05, 0.1) is 0 Å². The van der Waals surface area contributed by atoms with Gasteiger partial charge in [-0.3, -0.25) is 4.90 Å². The monoisotopic (exact) mass is 266 g/mol. The Bertz CT molecular complexity index is 353. The van der Waals surface area contributed by atoms with E-state index >= 15 is 0 Å². The van der Waals surface area contributed by atoms with Gasteiger partial charge >= 0.3 is 0 Å². The molecule has 0 radical (unpaired) electrons. The summed E-state index contributed by atoms with van der Waals surface area (Å²) >= 11 is 2.01. The molecule has 1 aromatic heterocycles. The van der Waals surface area contributed by atoms with Crippen molar-refractivity contribution in [2.45, 2.75) is 39.7 Å². The Balaban J connectivity index is 2.12. The fourth-order valence-electron chi connectivity index (χ4n) is 2.65. The minimum atomic E-state index is 0.636. The number of nitrogens with zero attached hydrogens (tertiary/aromatic N) is 1. The highest BCUT2D eigenvalue weighted by atomic mass is 32.1. The van der Waals surface area contributed by atoms with Crippen molar-refractivity contribution < 1.29 is 0 Å². The Morgan fingerprint density at radius 1 is 1.28 bits per heavy atom. The molecule has 102 valence electrons. The van der Waals surface area contributed by atoms with E-state index in [1.807, 2.05) is 11.3 Å². The maximum atomic E-state index is 3.45. The minimum absolute atomic E-state index is 0.636. The van der Waals surface area contributed by atoms with Crippen LogP contribution in [0.3, 0.4) is 0 Å². The van der Waals surface area contributed by atoms with E-state index in [1.54, 1.807) is 4.88 Å². The summed E-state index contributed by atoms with van der Waals surface area (Å²) in [7, 11) is 0. The topological polar surface area (TPSA) is 15.3 Å². The van der Waals surface area contributed by atoms with Crippen LogP contribution in [-0.2, 0) is 6.42 Å². The first kappa shape index (κ1) is 14.0. The molecule has 0 saturated carbocycles. The summed E-state index contributed by atoms with van der Waals surface area (Å²) in [6.07, 6.45) is 2.45. The molecule has 1 aliphatic rings. The number of aryl methyl sites for hydroxylation is 1. The molecule has 1 N–H and O–H groups in total. The zero-order valence-corrected chi connectivity index (χ0v) is 12.7. The number of rotatable bonds is 5. The zero-order chi connectivity index (χ0) is 13.0. The molecule has 0 aromatic carbocycles. The quantitative estimate of drug-likeness (QED) is 0.879. The number of hydrogen-bond acceptors (Lipinski definition) is 3. The fourth-order valence-corrected chi connectivity index (χ4v) is 3.75. The van der Waals surface area contributed by atoms with Gasteiger partial charge in [-0.1, -0.05) is 20.8 Å². The minimum Gasteiger partial charge on any atom is -0.314 e. The van der Waals surface area contributed by atoms with Gasteiger partial charge in [0.25, 0.3) is 0 Å². The van der Waals surface area contributed by atoms with Crippen LogP contribution < -0.4 is 5.32 Å². The number of nitrogens with one attached hydrogen (secondary N) is 1. The van der Waals surface area contributed by atoms with Crippen molar-refractivity contribution in [1.29, 1.82) is 0 Å². The van der Waals surface area contributed by atoms with Crippen molar-refractivity contribution in [3.05, 3.63) is 21.9 Å². The molecule has 2 heterocycles. The summed E-state index contributed by atoms with van der Waals surface area (Å²) in [5, 5.41) is 3.45. The average Bonchev–Trinajstić information content (AvgIpc) is 2.85. The van der Waals surface area contributed by atoms with Crippen molar-refractivity contribution in [2.24, 2.45) is 5.92 Å². The molecular formula is C15H26N2S. The van der Waals surface area contributed by atoms with Crippen LogP contribution in [0.5, 0.6) is 0 Å². The van der Waals surface area contributed by atoms with Gasteiger partial charge < -0.3 is 5.32 Å². The van der Waals surface area contributed by atoms with Crippen molar-refractivity contribution >= 4 is 11.3 Å². The lowest BCUT2D eigenvalue weighted by atomic mass is 10.0. The van der Waals surface area contributed by atoms with E-state index in [4.69, 9.17) is 0 Å². The van der Waals surface area contributed by atoms with Gasteiger partial charge in [0, 0.05) is 42.0 Å². The molecule has 0 spiro atoms. The molecule has 18 heavy (non-hydrogen) atoms. The average molecular weight is 266 g/mol. The van der Waals surface area contributed by atoms with Crippen molar-refractivity contribution in [2.75, 3.05) is 26.2 Å². The summed E-state index contributed by atoms with van der Waals surface area (Å²) in [4.78, 5) is 5.76. The molecule has 0 amide bonds. The third kappa shape index (κ3) is 3.56. The first-order valence-corrected chi connectivity index (χ1v) is 8.05. The summed E-state index contributed by atoms with van der Waals surface area (Å²) in [6, 6.07) is 5.31. The summed E-state index contributed by atoms with van der Waals surface area (Å²) in [5.41, 5.74) is 0. The molecule has 0 aliphatic carbocycles. The second-order valence-corrected chi connectivity index (χ2v) is 6.79. The normalized spacial score (nSPS) is 19.3. The Hall–Kier alpha value is -0.380. The molecule has 1 aromatic rings. The van der Waals surface area contributed by atoms with Crippen LogP contribution in [0.2, 0.25) is 0 Å². The third-order valence-electron chi connectivity index (χ3n) is 3.65. The maximum Gasteiger partial charge on any atom is 0.0445 e. The third-order valence-corrected chi connectivity index (χ3v) is 4.98. The molecule has 1 saturated heterocycles. The van der Waals surface area contributed by atoms with Crippen molar-refractivity contribution in [3.63, 3.8) is 0 Å². The Kier molecular flexibility index (Phi) is 5.22. The summed E-state index contributed by atoms with van der Waals surface area (Å²) < 4.78 is 0. The molecule has 3 heteroatoms. The lowest BCUT2D eigenvalue weighted by Crippen LogP contribution is -2.45. The van der Waals surface area contributed by atoms with Crippen molar-refractivity contribution in [1.82, 2.24) is 10.2 Å². The zero-order valence-electron chi connectivity index (χ0n) is 11.9. The molecule has 2 nitrogen and oxygen atoms in total. The molecule has 1 atom stereocenters. The first-order valence-electron chi connectivity index (χ1n) is 7.24. The van der Waals surface area contributed by atoms with Gasteiger partial charge in [0.2, 0.25) is 0 Å². The second kappa shape index (κ2) is 6.69. The molecule has 0 unspecified atom stereocenters. The van der Waals surface area contributed by atoms with E-state index < -0.39 is 0 Å². The Morgan fingerprint density at radius 3 is 2.56 bits per heavy atom. The van der Waals surface area contributed by atoms with E-state index in [9.17, 15) is 0 Å². The summed E-state index contributed by atoms with van der Waals surface area (Å²) in [5.74, 6) is 0.761. The largest absolute Gasteiger partial charge is 0.314 e. The molecule has 0 bridgehead atoms. The SMILES string of the molecule is CCc1ccc([C@H](CC(C)C)N2CCNCC2)s1. The number of thiophene rings is 1. The molecular weight excluding hydrogens is 240 g/mol. The van der Waals surface area contributed by atoms with E-state index in [-0.39, 0.29) is 0 Å². The van der Waals surface area contributed by atoms with Crippen LogP contribution >= 0.6 is 11.3 Å². The van der Waals surface area contributed by atoms with E-state index in [0.29, 0.717) is 6.04 Å². The van der Waals surface area contributed by atoms with Gasteiger partial charge in [-0.25, -0.2) is 0 Å². The van der Waals surface area contributed by atoms with Crippen LogP contribution in [0.25, 0.3) is 0 Å². The Labute approximate surface area is 115 Å². The van der Waals surface area contributed by atoms with Crippen LogP contribution in [0.4, 0.5) is 0 Å².